The van der Waals surface area contributed by atoms with Crippen molar-refractivity contribution in [1.29, 1.82) is 0 Å². The quantitative estimate of drug-likeness (QED) is 0.502. The lowest BCUT2D eigenvalue weighted by molar-refractivity contribution is -0.157. The Morgan fingerprint density at radius 1 is 1.17 bits per heavy atom. The van der Waals surface area contributed by atoms with Crippen LogP contribution in [-0.2, 0) is 14.4 Å². The number of aliphatic carboxylic acids is 1. The van der Waals surface area contributed by atoms with Crippen LogP contribution in [0.2, 0.25) is 0 Å². The number of phenols is 1. The lowest BCUT2D eigenvalue weighted by atomic mass is 9.68. The number of thioether (sulfide) groups is 1. The number of likely N-dealkylation sites (tertiary alicyclic amines) is 1. The third kappa shape index (κ3) is 3.08. The molecule has 1 aromatic carbocycles. The minimum absolute atomic E-state index is 0.00201. The Morgan fingerprint density at radius 2 is 1.86 bits per heavy atom. The van der Waals surface area contributed by atoms with Gasteiger partial charge in [0.1, 0.15) is 6.04 Å². The maximum atomic E-state index is 13.7. The summed E-state index contributed by atoms with van der Waals surface area (Å²) in [6.45, 7) is 3.42. The Labute approximate surface area is 214 Å². The first kappa shape index (κ1) is 23.6. The number of fused-ring (bicyclic) bond motifs is 9. The Bertz CT molecular complexity index is 1350. The number of carbonyl (C=O) groups is 3. The molecule has 3 heterocycles. The van der Waals surface area contributed by atoms with Crippen molar-refractivity contribution in [3.05, 3.63) is 38.3 Å². The summed E-state index contributed by atoms with van der Waals surface area (Å²) in [5.74, 6) is -3.49. The van der Waals surface area contributed by atoms with Crippen LogP contribution in [0.4, 0.5) is 0 Å². The molecule has 3 fully saturated rings. The minimum atomic E-state index is -1.18. The predicted molar refractivity (Wildman–Crippen MR) is 131 cm³/mol. The molecule has 6 rings (SSSR count). The highest BCUT2D eigenvalue weighted by Gasteiger charge is 2.70. The van der Waals surface area contributed by atoms with Crippen molar-refractivity contribution in [3.8, 4) is 11.5 Å². The summed E-state index contributed by atoms with van der Waals surface area (Å²) in [7, 11) is 1.48. The number of H-pyrrole nitrogens is 1. The van der Waals surface area contributed by atoms with Gasteiger partial charge in [-0.05, 0) is 47.8 Å². The summed E-state index contributed by atoms with van der Waals surface area (Å²) < 4.78 is 5.35. The van der Waals surface area contributed by atoms with Gasteiger partial charge in [0, 0.05) is 16.0 Å². The number of methoxy groups -OCH3 is 1. The fourth-order valence-electron chi connectivity index (χ4n) is 7.27. The number of aromatic nitrogens is 1. The summed E-state index contributed by atoms with van der Waals surface area (Å²) >= 11 is 2.73. The number of aromatic amines is 1. The van der Waals surface area contributed by atoms with Crippen molar-refractivity contribution in [2.45, 2.75) is 42.5 Å². The smallest absolute Gasteiger partial charge is 0.327 e. The Hall–Kier alpha value is -2.79. The second-order valence-corrected chi connectivity index (χ2v) is 12.7. The first-order valence-corrected chi connectivity index (χ1v) is 13.7. The molecule has 11 heteroatoms. The van der Waals surface area contributed by atoms with Crippen molar-refractivity contribution in [2.75, 3.05) is 7.11 Å². The SMILES string of the molecule is COc1cc([C@@H]2c3sc(=O)[nH]c3S[C@@H]3[C@H]4C[C@@H]([C@@H]5C(=O)N([C@H](C(=O)O)C(C)C)C(=O)[C@H]45)[C@@H]23)ccc1O. The number of carboxylic acids is 1. The zero-order valence-corrected chi connectivity index (χ0v) is 21.5. The Morgan fingerprint density at radius 3 is 2.50 bits per heavy atom. The molecule has 8 atom stereocenters. The fourth-order valence-corrected chi connectivity index (χ4v) is 10.2. The molecule has 3 N–H and O–H groups in total. The van der Waals surface area contributed by atoms with Gasteiger partial charge < -0.3 is 19.9 Å². The van der Waals surface area contributed by atoms with Crippen LogP contribution in [0.5, 0.6) is 11.5 Å². The second kappa shape index (κ2) is 8.11. The van der Waals surface area contributed by atoms with Gasteiger partial charge in [-0.15, -0.1) is 11.8 Å². The number of hydrogen-bond acceptors (Lipinski definition) is 8. The van der Waals surface area contributed by atoms with E-state index in [-0.39, 0.29) is 51.4 Å². The molecule has 0 radical (unpaired) electrons. The van der Waals surface area contributed by atoms with E-state index in [0.717, 1.165) is 31.7 Å². The number of nitrogens with one attached hydrogen (secondary N) is 1. The van der Waals surface area contributed by atoms with E-state index in [0.29, 0.717) is 12.2 Å². The van der Waals surface area contributed by atoms with Gasteiger partial charge >= 0.3 is 10.8 Å². The van der Waals surface area contributed by atoms with Crippen LogP contribution in [0.25, 0.3) is 0 Å². The number of ether oxygens (including phenoxy) is 1. The number of imide groups is 1. The van der Waals surface area contributed by atoms with E-state index >= 15 is 0 Å². The summed E-state index contributed by atoms with van der Waals surface area (Å²) in [6, 6.07) is 3.99. The van der Waals surface area contributed by atoms with E-state index in [1.54, 1.807) is 37.7 Å². The van der Waals surface area contributed by atoms with Crippen molar-refractivity contribution >= 4 is 40.9 Å². The van der Waals surface area contributed by atoms with E-state index in [2.05, 4.69) is 4.98 Å². The molecule has 190 valence electrons. The van der Waals surface area contributed by atoms with E-state index in [9.17, 15) is 29.4 Å². The number of phenolic OH excluding ortho intramolecular Hbond substituents is 1. The third-order valence-corrected chi connectivity index (χ3v) is 11.1. The lowest BCUT2D eigenvalue weighted by Crippen LogP contribution is -2.49. The number of thiazole rings is 1. The monoisotopic (exact) mass is 530 g/mol. The van der Waals surface area contributed by atoms with Crippen LogP contribution in [-0.4, -0.2) is 56.3 Å². The van der Waals surface area contributed by atoms with Crippen LogP contribution in [0.1, 0.15) is 36.6 Å². The Kier molecular flexibility index (Phi) is 5.31. The standard InChI is InChI=1S/C25H26N2O7S2/c1-8(2)18(24(31)32)27-22(29)16-10-7-11(17(16)23(27)30)19-15(10)14(20-21(35-19)26-25(33)36-20)9-4-5-12(28)13(6-9)34-3/h4-6,8,10-11,14-19,28H,7H2,1-3H3,(H,26,33)(H,31,32)/t10-,11+,14+,15+,16+,17-,18+,19-/m1/s1. The summed E-state index contributed by atoms with van der Waals surface area (Å²) in [5, 5.41) is 20.8. The van der Waals surface area contributed by atoms with Crippen LogP contribution >= 0.6 is 23.1 Å². The molecule has 2 aliphatic heterocycles. The summed E-state index contributed by atoms with van der Waals surface area (Å²) in [5.41, 5.74) is 0.875. The van der Waals surface area contributed by atoms with Crippen LogP contribution < -0.4 is 9.61 Å². The summed E-state index contributed by atoms with van der Waals surface area (Å²) in [4.78, 5) is 56.4. The molecule has 1 saturated heterocycles. The van der Waals surface area contributed by atoms with Crippen LogP contribution in [0, 0.1) is 35.5 Å². The van der Waals surface area contributed by atoms with E-state index in [1.807, 2.05) is 6.07 Å². The number of carboxylic acid groups (broad SMARTS) is 1. The number of hydrogen-bond donors (Lipinski definition) is 3. The van der Waals surface area contributed by atoms with Gasteiger partial charge in [-0.25, -0.2) is 4.79 Å². The van der Waals surface area contributed by atoms with Gasteiger partial charge in [0.25, 0.3) is 0 Å². The average molecular weight is 531 g/mol. The molecular weight excluding hydrogens is 504 g/mol. The normalized spacial score (nSPS) is 33.0. The predicted octanol–water partition coefficient (Wildman–Crippen LogP) is 2.73. The molecule has 36 heavy (non-hydrogen) atoms. The van der Waals surface area contributed by atoms with Crippen molar-refractivity contribution in [2.24, 2.45) is 35.5 Å². The molecule has 2 bridgehead atoms. The molecule has 2 amide bonds. The summed E-state index contributed by atoms with van der Waals surface area (Å²) in [6.07, 6.45) is 0.716. The largest absolute Gasteiger partial charge is 0.504 e. The van der Waals surface area contributed by atoms with Crippen molar-refractivity contribution in [3.63, 3.8) is 0 Å². The number of benzene rings is 1. The van der Waals surface area contributed by atoms with Gasteiger partial charge in [0.05, 0.1) is 24.0 Å². The first-order valence-electron chi connectivity index (χ1n) is 12.0. The highest BCUT2D eigenvalue weighted by Crippen LogP contribution is 2.68. The molecule has 0 spiro atoms. The molecule has 2 aliphatic carbocycles. The fraction of sp³-hybridized carbons (Fsp3) is 0.520. The minimum Gasteiger partial charge on any atom is -0.504 e. The third-order valence-electron chi connectivity index (χ3n) is 8.48. The lowest BCUT2D eigenvalue weighted by Gasteiger charge is -2.43. The molecule has 1 aromatic heterocycles. The molecule has 2 saturated carbocycles. The van der Waals surface area contributed by atoms with Crippen molar-refractivity contribution in [1.82, 2.24) is 9.88 Å². The second-order valence-electron chi connectivity index (χ2n) is 10.5. The van der Waals surface area contributed by atoms with Gasteiger partial charge in [-0.2, -0.15) is 0 Å². The maximum Gasteiger partial charge on any atom is 0.327 e. The number of amides is 2. The zero-order chi connectivity index (χ0) is 25.6. The first-order chi connectivity index (χ1) is 17.1. The molecule has 4 aliphatic rings. The van der Waals surface area contributed by atoms with Crippen LogP contribution in [0.15, 0.2) is 28.0 Å². The number of carbonyl (C=O) groups excluding carboxylic acids is 2. The van der Waals surface area contributed by atoms with E-state index in [1.165, 1.54) is 7.11 Å². The molecule has 2 aromatic rings. The molecule has 9 nitrogen and oxygen atoms in total. The van der Waals surface area contributed by atoms with Gasteiger partial charge in [-0.1, -0.05) is 31.3 Å². The van der Waals surface area contributed by atoms with E-state index < -0.39 is 29.8 Å². The highest BCUT2D eigenvalue weighted by molar-refractivity contribution is 8.00. The van der Waals surface area contributed by atoms with Crippen molar-refractivity contribution < 1.29 is 29.3 Å². The van der Waals surface area contributed by atoms with Gasteiger partial charge in [-0.3, -0.25) is 19.3 Å². The average Bonchev–Trinajstić information content (AvgIpc) is 3.54. The number of rotatable bonds is 5. The zero-order valence-electron chi connectivity index (χ0n) is 19.8. The van der Waals surface area contributed by atoms with Crippen LogP contribution in [0.3, 0.4) is 0 Å². The topological polar surface area (TPSA) is 137 Å². The molecular formula is C25H26N2O7S2. The van der Waals surface area contributed by atoms with Gasteiger partial charge in [0.15, 0.2) is 11.5 Å². The number of aromatic hydroxyl groups is 1. The number of nitrogens with zero attached hydrogens (tertiary/aromatic N) is 1. The molecule has 0 unspecified atom stereocenters. The maximum absolute atomic E-state index is 13.7. The van der Waals surface area contributed by atoms with E-state index in [4.69, 9.17) is 4.74 Å². The highest BCUT2D eigenvalue weighted by atomic mass is 32.2. The van der Waals surface area contributed by atoms with Gasteiger partial charge in [0.2, 0.25) is 11.8 Å². The Balaban J connectivity index is 1.45.